The summed E-state index contributed by atoms with van der Waals surface area (Å²) in [5.41, 5.74) is 2.52. The van der Waals surface area contributed by atoms with E-state index in [4.69, 9.17) is 5.11 Å². The zero-order chi connectivity index (χ0) is 13.9. The summed E-state index contributed by atoms with van der Waals surface area (Å²) in [5.74, 6) is -0.123. The van der Waals surface area contributed by atoms with Crippen molar-refractivity contribution in [3.63, 3.8) is 0 Å². The van der Waals surface area contributed by atoms with Gasteiger partial charge in [0.25, 0.3) is 0 Å². The molecule has 0 amide bonds. The Balaban J connectivity index is 1.99. The van der Waals surface area contributed by atoms with Crippen LogP contribution in [0.5, 0.6) is 0 Å². The Labute approximate surface area is 119 Å². The molecule has 1 aliphatic rings. The SMILES string of the molecule is O=C(O)CCn1c(C2CCCCC2)cc2ccccc21. The van der Waals surface area contributed by atoms with Crippen LogP contribution in [0.2, 0.25) is 0 Å². The highest BCUT2D eigenvalue weighted by Gasteiger charge is 2.20. The van der Waals surface area contributed by atoms with Crippen molar-refractivity contribution >= 4 is 16.9 Å². The molecule has 3 heteroatoms. The first-order valence-corrected chi connectivity index (χ1v) is 7.55. The van der Waals surface area contributed by atoms with Gasteiger partial charge < -0.3 is 9.67 Å². The first-order valence-electron chi connectivity index (χ1n) is 7.55. The number of benzene rings is 1. The molecule has 3 nitrogen and oxygen atoms in total. The lowest BCUT2D eigenvalue weighted by Crippen LogP contribution is -2.13. The normalized spacial score (nSPS) is 16.6. The molecular formula is C17H21NO2. The number of carboxylic acid groups (broad SMARTS) is 1. The second-order valence-corrected chi connectivity index (χ2v) is 5.76. The maximum Gasteiger partial charge on any atom is 0.305 e. The van der Waals surface area contributed by atoms with E-state index < -0.39 is 5.97 Å². The number of hydrogen-bond donors (Lipinski definition) is 1. The van der Waals surface area contributed by atoms with Crippen molar-refractivity contribution in [2.24, 2.45) is 0 Å². The summed E-state index contributed by atoms with van der Waals surface area (Å²) >= 11 is 0. The second kappa shape index (κ2) is 5.70. The van der Waals surface area contributed by atoms with Crippen molar-refractivity contribution in [3.8, 4) is 0 Å². The second-order valence-electron chi connectivity index (χ2n) is 5.76. The first-order chi connectivity index (χ1) is 9.75. The fourth-order valence-corrected chi connectivity index (χ4v) is 3.43. The number of aliphatic carboxylic acids is 1. The van der Waals surface area contributed by atoms with Crippen molar-refractivity contribution in [3.05, 3.63) is 36.0 Å². The van der Waals surface area contributed by atoms with Gasteiger partial charge in [-0.05, 0) is 36.3 Å². The highest BCUT2D eigenvalue weighted by molar-refractivity contribution is 5.81. The molecular weight excluding hydrogens is 250 g/mol. The van der Waals surface area contributed by atoms with Crippen molar-refractivity contribution in [1.82, 2.24) is 4.57 Å². The van der Waals surface area contributed by atoms with Gasteiger partial charge in [-0.3, -0.25) is 4.79 Å². The molecule has 2 aromatic rings. The van der Waals surface area contributed by atoms with E-state index in [9.17, 15) is 4.79 Å². The number of para-hydroxylation sites is 1. The van der Waals surface area contributed by atoms with E-state index in [0.29, 0.717) is 12.5 Å². The molecule has 0 unspecified atom stereocenters. The molecule has 1 fully saturated rings. The van der Waals surface area contributed by atoms with Gasteiger partial charge >= 0.3 is 5.97 Å². The Morgan fingerprint density at radius 2 is 1.95 bits per heavy atom. The lowest BCUT2D eigenvalue weighted by Gasteiger charge is -2.23. The summed E-state index contributed by atoms with van der Waals surface area (Å²) in [6.07, 6.45) is 6.60. The Kier molecular flexibility index (Phi) is 3.77. The maximum atomic E-state index is 10.9. The molecule has 1 saturated carbocycles. The standard InChI is InChI=1S/C17H21NO2/c19-17(20)10-11-18-15-9-5-4-8-14(15)12-16(18)13-6-2-1-3-7-13/h4-5,8-9,12-13H,1-3,6-7,10-11H2,(H,19,20). The molecule has 1 heterocycles. The number of carbonyl (C=O) groups is 1. The third-order valence-electron chi connectivity index (χ3n) is 4.42. The minimum absolute atomic E-state index is 0.193. The lowest BCUT2D eigenvalue weighted by atomic mass is 9.87. The molecule has 0 spiro atoms. The number of aromatic nitrogens is 1. The summed E-state index contributed by atoms with van der Waals surface area (Å²) in [6.45, 7) is 0.578. The molecule has 0 saturated heterocycles. The van der Waals surface area contributed by atoms with Crippen LogP contribution in [0.4, 0.5) is 0 Å². The summed E-state index contributed by atoms with van der Waals surface area (Å²) in [7, 11) is 0. The molecule has 1 aromatic carbocycles. The van der Waals surface area contributed by atoms with Crippen LogP contribution in [0, 0.1) is 0 Å². The van der Waals surface area contributed by atoms with Crippen LogP contribution in [0.3, 0.4) is 0 Å². The van der Waals surface area contributed by atoms with Gasteiger partial charge in [0.1, 0.15) is 0 Å². The largest absolute Gasteiger partial charge is 0.481 e. The number of carboxylic acids is 1. The molecule has 0 bridgehead atoms. The van der Waals surface area contributed by atoms with Crippen molar-refractivity contribution in [2.45, 2.75) is 51.0 Å². The molecule has 3 rings (SSSR count). The van der Waals surface area contributed by atoms with Crippen LogP contribution in [0.15, 0.2) is 30.3 Å². The maximum absolute atomic E-state index is 10.9. The molecule has 0 aliphatic heterocycles. The van der Waals surface area contributed by atoms with Crippen LogP contribution in [0.25, 0.3) is 10.9 Å². The Hall–Kier alpha value is -1.77. The third kappa shape index (κ3) is 2.58. The van der Waals surface area contributed by atoms with Gasteiger partial charge in [0.2, 0.25) is 0 Å². The fraction of sp³-hybridized carbons (Fsp3) is 0.471. The van der Waals surface area contributed by atoms with Crippen molar-refractivity contribution in [1.29, 1.82) is 0 Å². The zero-order valence-corrected chi connectivity index (χ0v) is 11.7. The van der Waals surface area contributed by atoms with Crippen molar-refractivity contribution in [2.75, 3.05) is 0 Å². The zero-order valence-electron chi connectivity index (χ0n) is 11.7. The molecule has 106 valence electrons. The lowest BCUT2D eigenvalue weighted by molar-refractivity contribution is -0.137. The smallest absolute Gasteiger partial charge is 0.305 e. The molecule has 0 atom stereocenters. The Bertz CT molecular complexity index is 608. The number of rotatable bonds is 4. The van der Waals surface area contributed by atoms with Gasteiger partial charge in [-0.1, -0.05) is 37.5 Å². The highest BCUT2D eigenvalue weighted by Crippen LogP contribution is 2.35. The minimum Gasteiger partial charge on any atom is -0.481 e. The van der Waals surface area contributed by atoms with Crippen LogP contribution in [-0.2, 0) is 11.3 Å². The summed E-state index contributed by atoms with van der Waals surface area (Å²) in [4.78, 5) is 10.9. The first kappa shape index (κ1) is 13.2. The van der Waals surface area contributed by atoms with E-state index in [0.717, 1.165) is 0 Å². The van der Waals surface area contributed by atoms with Gasteiger partial charge in [0.15, 0.2) is 0 Å². The van der Waals surface area contributed by atoms with Crippen molar-refractivity contribution < 1.29 is 9.90 Å². The van der Waals surface area contributed by atoms with Crippen LogP contribution < -0.4 is 0 Å². The van der Waals surface area contributed by atoms with E-state index in [-0.39, 0.29) is 6.42 Å². The highest BCUT2D eigenvalue weighted by atomic mass is 16.4. The topological polar surface area (TPSA) is 42.2 Å². The van der Waals surface area contributed by atoms with E-state index >= 15 is 0 Å². The number of fused-ring (bicyclic) bond motifs is 1. The minimum atomic E-state index is -0.725. The monoisotopic (exact) mass is 271 g/mol. The number of hydrogen-bond acceptors (Lipinski definition) is 1. The molecule has 1 aromatic heterocycles. The van der Waals surface area contributed by atoms with Gasteiger partial charge in [-0.25, -0.2) is 0 Å². The third-order valence-corrected chi connectivity index (χ3v) is 4.42. The predicted octanol–water partition coefficient (Wildman–Crippen LogP) is 4.16. The Morgan fingerprint density at radius 1 is 1.20 bits per heavy atom. The number of aryl methyl sites for hydroxylation is 1. The summed E-state index contributed by atoms with van der Waals surface area (Å²) < 4.78 is 2.24. The van der Waals surface area contributed by atoms with E-state index in [1.807, 2.05) is 6.07 Å². The van der Waals surface area contributed by atoms with Crippen LogP contribution in [-0.4, -0.2) is 15.6 Å². The van der Waals surface area contributed by atoms with Crippen LogP contribution in [0.1, 0.15) is 50.1 Å². The molecule has 1 N–H and O–H groups in total. The van der Waals surface area contributed by atoms with Gasteiger partial charge in [-0.15, -0.1) is 0 Å². The molecule has 20 heavy (non-hydrogen) atoms. The van der Waals surface area contributed by atoms with E-state index in [1.165, 1.54) is 48.7 Å². The van der Waals surface area contributed by atoms with Gasteiger partial charge in [0, 0.05) is 17.8 Å². The average molecular weight is 271 g/mol. The van der Waals surface area contributed by atoms with E-state index in [1.54, 1.807) is 0 Å². The summed E-state index contributed by atoms with van der Waals surface area (Å²) in [5, 5.41) is 10.2. The van der Waals surface area contributed by atoms with Gasteiger partial charge in [-0.2, -0.15) is 0 Å². The van der Waals surface area contributed by atoms with Crippen LogP contribution >= 0.6 is 0 Å². The average Bonchev–Trinajstić information content (AvgIpc) is 2.84. The summed E-state index contributed by atoms with van der Waals surface area (Å²) in [6, 6.07) is 10.6. The Morgan fingerprint density at radius 3 is 2.70 bits per heavy atom. The van der Waals surface area contributed by atoms with Gasteiger partial charge in [0.05, 0.1) is 6.42 Å². The predicted molar refractivity (Wildman–Crippen MR) is 80.0 cm³/mol. The quantitative estimate of drug-likeness (QED) is 0.907. The fourth-order valence-electron chi connectivity index (χ4n) is 3.43. The number of nitrogens with zero attached hydrogens (tertiary/aromatic N) is 1. The molecule has 1 aliphatic carbocycles. The van der Waals surface area contributed by atoms with E-state index in [2.05, 4.69) is 28.8 Å². The molecule has 0 radical (unpaired) electrons.